The summed E-state index contributed by atoms with van der Waals surface area (Å²) in [5, 5.41) is 6.06. The number of piperazine rings is 1. The molecular formula is C31H38N4O3. The van der Waals surface area contributed by atoms with E-state index in [4.69, 9.17) is 4.74 Å². The third kappa shape index (κ3) is 6.28. The van der Waals surface area contributed by atoms with Crippen LogP contribution in [-0.4, -0.2) is 51.1 Å². The van der Waals surface area contributed by atoms with Crippen molar-refractivity contribution in [1.29, 1.82) is 0 Å². The quantitative estimate of drug-likeness (QED) is 0.402. The molecule has 3 aromatic carbocycles. The molecule has 1 heterocycles. The molecule has 1 unspecified atom stereocenters. The smallest absolute Gasteiger partial charge is 0.255 e. The second-order valence-corrected chi connectivity index (χ2v) is 9.67. The van der Waals surface area contributed by atoms with Crippen LogP contribution in [0, 0.1) is 0 Å². The largest absolute Gasteiger partial charge is 0.495 e. The van der Waals surface area contributed by atoms with Gasteiger partial charge in [0.25, 0.3) is 11.8 Å². The fourth-order valence-electron chi connectivity index (χ4n) is 4.65. The summed E-state index contributed by atoms with van der Waals surface area (Å²) < 4.78 is 5.55. The molecule has 1 fully saturated rings. The van der Waals surface area contributed by atoms with Gasteiger partial charge in [0.05, 0.1) is 18.4 Å². The predicted molar refractivity (Wildman–Crippen MR) is 155 cm³/mol. The minimum absolute atomic E-state index is 0.0491. The zero-order valence-corrected chi connectivity index (χ0v) is 22.8. The molecule has 7 nitrogen and oxygen atoms in total. The zero-order valence-electron chi connectivity index (χ0n) is 22.8. The van der Waals surface area contributed by atoms with Crippen LogP contribution in [0.3, 0.4) is 0 Å². The fraction of sp³-hybridized carbons (Fsp3) is 0.355. The van der Waals surface area contributed by atoms with Crippen LogP contribution in [0.2, 0.25) is 0 Å². The van der Waals surface area contributed by atoms with Crippen LogP contribution in [0.25, 0.3) is 0 Å². The number of nitrogens with one attached hydrogen (secondary N) is 2. The molecule has 0 aliphatic carbocycles. The Balaban J connectivity index is 1.54. The standard InChI is InChI=1S/C31H38N4O3/c1-5-22(3)32-31(37)26-21-25(33-30(36)24-13-11-23(6-2)12-14-24)15-16-27(26)34-17-19-35(20-18-34)28-9-7-8-10-29(28)38-4/h7-16,21-22H,5-6,17-20H2,1-4H3,(H,32,37)(H,33,36). The number of methoxy groups -OCH3 is 1. The fourth-order valence-corrected chi connectivity index (χ4v) is 4.65. The van der Waals surface area contributed by atoms with E-state index in [2.05, 4.69) is 33.4 Å². The molecule has 0 radical (unpaired) electrons. The van der Waals surface area contributed by atoms with Gasteiger partial charge >= 0.3 is 0 Å². The highest BCUT2D eigenvalue weighted by Crippen LogP contribution is 2.31. The molecule has 0 aromatic heterocycles. The summed E-state index contributed by atoms with van der Waals surface area (Å²) in [6.45, 7) is 9.26. The van der Waals surface area contributed by atoms with Crippen molar-refractivity contribution in [3.63, 3.8) is 0 Å². The minimum atomic E-state index is -0.195. The van der Waals surface area contributed by atoms with E-state index in [1.165, 1.54) is 5.56 Å². The molecule has 200 valence electrons. The number of hydrogen-bond acceptors (Lipinski definition) is 5. The topological polar surface area (TPSA) is 73.9 Å². The Bertz CT molecular complexity index is 1250. The minimum Gasteiger partial charge on any atom is -0.495 e. The lowest BCUT2D eigenvalue weighted by Gasteiger charge is -2.38. The van der Waals surface area contributed by atoms with E-state index in [0.29, 0.717) is 16.8 Å². The van der Waals surface area contributed by atoms with Crippen molar-refractivity contribution in [2.75, 3.05) is 48.4 Å². The van der Waals surface area contributed by atoms with Gasteiger partial charge in [-0.2, -0.15) is 0 Å². The van der Waals surface area contributed by atoms with Crippen molar-refractivity contribution in [1.82, 2.24) is 5.32 Å². The Labute approximate surface area is 225 Å². The number of rotatable bonds is 9. The number of amides is 2. The molecule has 1 aliphatic heterocycles. The van der Waals surface area contributed by atoms with Gasteiger partial charge in [-0.1, -0.05) is 38.1 Å². The molecule has 2 N–H and O–H groups in total. The maximum absolute atomic E-state index is 13.3. The molecule has 4 rings (SSSR count). The number of nitrogens with zero attached hydrogens (tertiary/aromatic N) is 2. The molecule has 3 aromatic rings. The number of anilines is 3. The number of ether oxygens (including phenoxy) is 1. The van der Waals surface area contributed by atoms with E-state index >= 15 is 0 Å². The van der Waals surface area contributed by atoms with Gasteiger partial charge in [-0.25, -0.2) is 0 Å². The van der Waals surface area contributed by atoms with E-state index in [1.807, 2.05) is 68.4 Å². The maximum atomic E-state index is 13.3. The van der Waals surface area contributed by atoms with Crippen molar-refractivity contribution in [2.45, 2.75) is 39.7 Å². The monoisotopic (exact) mass is 514 g/mol. The number of carbonyl (C=O) groups excluding carboxylic acids is 2. The number of aryl methyl sites for hydroxylation is 1. The molecule has 1 saturated heterocycles. The lowest BCUT2D eigenvalue weighted by atomic mass is 10.1. The summed E-state index contributed by atoms with van der Waals surface area (Å²) in [6.07, 6.45) is 1.76. The molecule has 0 spiro atoms. The van der Waals surface area contributed by atoms with Crippen LogP contribution in [0.15, 0.2) is 66.7 Å². The van der Waals surface area contributed by atoms with E-state index in [1.54, 1.807) is 13.2 Å². The molecular weight excluding hydrogens is 476 g/mol. The molecule has 1 aliphatic rings. The molecule has 0 bridgehead atoms. The van der Waals surface area contributed by atoms with Crippen LogP contribution in [-0.2, 0) is 6.42 Å². The lowest BCUT2D eigenvalue weighted by molar-refractivity contribution is 0.0938. The van der Waals surface area contributed by atoms with Gasteiger partial charge in [-0.15, -0.1) is 0 Å². The van der Waals surface area contributed by atoms with Gasteiger partial charge in [0.2, 0.25) is 0 Å². The van der Waals surface area contributed by atoms with Gasteiger partial charge in [-0.3, -0.25) is 9.59 Å². The Hall–Kier alpha value is -4.00. The van der Waals surface area contributed by atoms with E-state index in [0.717, 1.165) is 56.1 Å². The average molecular weight is 515 g/mol. The highest BCUT2D eigenvalue weighted by Gasteiger charge is 2.24. The highest BCUT2D eigenvalue weighted by atomic mass is 16.5. The molecule has 7 heteroatoms. The summed E-state index contributed by atoms with van der Waals surface area (Å²) in [4.78, 5) is 30.8. The summed E-state index contributed by atoms with van der Waals surface area (Å²) in [5.74, 6) is 0.531. The summed E-state index contributed by atoms with van der Waals surface area (Å²) in [7, 11) is 1.69. The molecule has 38 heavy (non-hydrogen) atoms. The van der Waals surface area contributed by atoms with Crippen molar-refractivity contribution >= 4 is 28.9 Å². The average Bonchev–Trinajstić information content (AvgIpc) is 2.97. The predicted octanol–water partition coefficient (Wildman–Crippen LogP) is 5.36. The molecule has 1 atom stereocenters. The normalized spacial score (nSPS) is 14.1. The first-order valence-corrected chi connectivity index (χ1v) is 13.4. The summed E-state index contributed by atoms with van der Waals surface area (Å²) in [6, 6.07) is 21.3. The van der Waals surface area contributed by atoms with E-state index in [-0.39, 0.29) is 17.9 Å². The van der Waals surface area contributed by atoms with Crippen LogP contribution in [0.1, 0.15) is 53.5 Å². The van der Waals surface area contributed by atoms with Crippen LogP contribution in [0.5, 0.6) is 5.75 Å². The van der Waals surface area contributed by atoms with Crippen molar-refractivity contribution in [3.05, 3.63) is 83.4 Å². The first-order valence-electron chi connectivity index (χ1n) is 13.4. The highest BCUT2D eigenvalue weighted by molar-refractivity contribution is 6.06. The molecule has 2 amide bonds. The Morgan fingerprint density at radius 3 is 2.16 bits per heavy atom. The number of benzene rings is 3. The van der Waals surface area contributed by atoms with E-state index in [9.17, 15) is 9.59 Å². The number of carbonyl (C=O) groups is 2. The first kappa shape index (κ1) is 27.0. The van der Waals surface area contributed by atoms with Crippen molar-refractivity contribution in [2.24, 2.45) is 0 Å². The van der Waals surface area contributed by atoms with Gasteiger partial charge < -0.3 is 25.2 Å². The Morgan fingerprint density at radius 2 is 1.53 bits per heavy atom. The first-order chi connectivity index (χ1) is 18.4. The van der Waals surface area contributed by atoms with Crippen molar-refractivity contribution in [3.8, 4) is 5.75 Å². The summed E-state index contributed by atoms with van der Waals surface area (Å²) >= 11 is 0. The van der Waals surface area contributed by atoms with E-state index < -0.39 is 0 Å². The van der Waals surface area contributed by atoms with Gasteiger partial charge in [0.1, 0.15) is 5.75 Å². The lowest BCUT2D eigenvalue weighted by Crippen LogP contribution is -2.47. The number of para-hydroxylation sites is 2. The van der Waals surface area contributed by atoms with Gasteiger partial charge in [0, 0.05) is 49.2 Å². The van der Waals surface area contributed by atoms with Crippen LogP contribution < -0.4 is 25.2 Å². The van der Waals surface area contributed by atoms with Gasteiger partial charge in [0.15, 0.2) is 0 Å². The zero-order chi connectivity index (χ0) is 27.1. The third-order valence-corrected chi connectivity index (χ3v) is 7.16. The maximum Gasteiger partial charge on any atom is 0.255 e. The van der Waals surface area contributed by atoms with Crippen LogP contribution >= 0.6 is 0 Å². The Kier molecular flexibility index (Phi) is 8.89. The third-order valence-electron chi connectivity index (χ3n) is 7.16. The Morgan fingerprint density at radius 1 is 0.868 bits per heavy atom. The molecule has 0 saturated carbocycles. The van der Waals surface area contributed by atoms with Gasteiger partial charge in [-0.05, 0) is 67.8 Å². The van der Waals surface area contributed by atoms with Crippen molar-refractivity contribution < 1.29 is 14.3 Å². The van der Waals surface area contributed by atoms with Crippen LogP contribution in [0.4, 0.5) is 17.1 Å². The second-order valence-electron chi connectivity index (χ2n) is 9.67. The SMILES string of the molecule is CCc1ccc(C(=O)Nc2ccc(N3CCN(c4ccccc4OC)CC3)c(C(=O)NC(C)CC)c2)cc1. The number of hydrogen-bond donors (Lipinski definition) is 2. The second kappa shape index (κ2) is 12.5. The summed E-state index contributed by atoms with van der Waals surface area (Å²) in [5.41, 5.74) is 4.88.